The highest BCUT2D eigenvalue weighted by Gasteiger charge is 2.50. The van der Waals surface area contributed by atoms with Gasteiger partial charge in [-0.3, -0.25) is 33.6 Å². The molecule has 35 nitrogen and oxygen atoms in total. The molecule has 3 saturated heterocycles. The van der Waals surface area contributed by atoms with Crippen molar-refractivity contribution in [1.82, 2.24) is 56.8 Å². The molecule has 4 aromatic rings. The number of aromatic nitrogens is 2. The number of phenols is 1. The number of amides is 8. The Morgan fingerprint density at radius 1 is 0.764 bits per heavy atom. The lowest BCUT2D eigenvalue weighted by Gasteiger charge is -2.34. The number of aliphatic hydroxyl groups is 8. The van der Waals surface area contributed by atoms with Gasteiger partial charge in [0.1, 0.15) is 58.6 Å². The van der Waals surface area contributed by atoms with Crippen LogP contribution in [0.1, 0.15) is 94.0 Å². The van der Waals surface area contributed by atoms with Crippen LogP contribution in [0.25, 0.3) is 21.1 Å². The Bertz CT molecular complexity index is 3510. The second kappa shape index (κ2) is 42.9. The molecule has 37 heteroatoms. The van der Waals surface area contributed by atoms with Gasteiger partial charge in [0.2, 0.25) is 35.4 Å². The first-order chi connectivity index (χ1) is 50.9. The molecule has 0 bridgehead atoms. The molecule has 0 unspecified atom stereocenters. The summed E-state index contributed by atoms with van der Waals surface area (Å²) in [5.74, 6) is -8.97. The lowest BCUT2D eigenvalue weighted by Crippen LogP contribution is -2.64. The molecular weight excluding hydrogens is 1430 g/mol. The highest BCUT2D eigenvalue weighted by Crippen LogP contribution is 2.34. The van der Waals surface area contributed by atoms with Crippen LogP contribution in [0.3, 0.4) is 0 Å². The van der Waals surface area contributed by atoms with Crippen molar-refractivity contribution in [1.29, 1.82) is 0 Å². The second-order valence-corrected chi connectivity index (χ2v) is 27.5. The summed E-state index contributed by atoms with van der Waals surface area (Å²) >= 11 is 1.35. The number of aliphatic hydroxyl groups excluding tert-OH is 8. The zero-order valence-electron chi connectivity index (χ0n) is 59.0. The Morgan fingerprint density at radius 2 is 1.42 bits per heavy atom. The van der Waals surface area contributed by atoms with Gasteiger partial charge in [-0.1, -0.05) is 77.7 Å². The van der Waals surface area contributed by atoms with Gasteiger partial charge in [0, 0.05) is 81.8 Å². The predicted octanol–water partition coefficient (Wildman–Crippen LogP) is -0.397. The van der Waals surface area contributed by atoms with Crippen molar-refractivity contribution in [3.05, 3.63) is 90.5 Å². The molecular formula is C69H97N11O24S2. The van der Waals surface area contributed by atoms with Crippen molar-refractivity contribution < 1.29 is 117 Å². The van der Waals surface area contributed by atoms with E-state index in [1.165, 1.54) is 48.6 Å². The quantitative estimate of drug-likeness (QED) is 0.00916. The number of aromatic hydroxyl groups is 1. The Morgan fingerprint density at radius 3 is 2.08 bits per heavy atom. The first-order valence-corrected chi connectivity index (χ1v) is 36.4. The Balaban J connectivity index is 1.15. The number of hydrogen-bond acceptors (Lipinski definition) is 29. The maximum Gasteiger partial charge on any atom is 0.410 e. The number of methoxy groups -OCH3 is 1. The van der Waals surface area contributed by atoms with E-state index < -0.39 is 184 Å². The van der Waals surface area contributed by atoms with Crippen molar-refractivity contribution in [3.8, 4) is 38.4 Å². The van der Waals surface area contributed by atoms with Gasteiger partial charge in [-0.15, -0.1) is 10.2 Å². The number of ether oxygens (including phenoxy) is 3. The predicted molar refractivity (Wildman–Crippen MR) is 380 cm³/mol. The largest absolute Gasteiger partial charge is 0.504 e. The third-order valence-electron chi connectivity index (χ3n) is 18.1. The summed E-state index contributed by atoms with van der Waals surface area (Å²) < 4.78 is 25.6. The van der Waals surface area contributed by atoms with E-state index in [-0.39, 0.29) is 68.4 Å². The van der Waals surface area contributed by atoms with Crippen LogP contribution in [0.4, 0.5) is 4.79 Å². The SMILES string of the molecule is C=CCOC(=O)N(CCCCNCC[C@@H](O)[C@@H]1NC(=O)[C@H]([C@H](O)Cc2ccc(O)c(OSOOO)c2)NC(=O)[C@@H]2C[C@H](O)CN2C(=O)[C@H]([C@H](C)O)NC(=O)[C@@H](NC(=O)c2ccc(-c3nnc(-c4ccc(OCCCCCCCOC)cc4)s3)cc2)C[C@H](O)CNC(=O)[C@@H]2[C@@H](O)[C@H](C)CN2C1=O)C(CO)CO. The van der Waals surface area contributed by atoms with Gasteiger partial charge in [0.25, 0.3) is 18.2 Å². The molecule has 8 amide bonds. The smallest absolute Gasteiger partial charge is 0.410 e. The van der Waals surface area contributed by atoms with Gasteiger partial charge >= 0.3 is 6.09 Å². The first kappa shape index (κ1) is 85.0. The van der Waals surface area contributed by atoms with Gasteiger partial charge in [-0.2, -0.15) is 0 Å². The second-order valence-electron chi connectivity index (χ2n) is 26.0. The molecule has 0 spiro atoms. The van der Waals surface area contributed by atoms with Crippen LogP contribution in [0.2, 0.25) is 0 Å². The van der Waals surface area contributed by atoms with Crippen LogP contribution in [0, 0.1) is 5.92 Å². The lowest BCUT2D eigenvalue weighted by atomic mass is 9.98. The summed E-state index contributed by atoms with van der Waals surface area (Å²) in [7, 11) is 1.69. The van der Waals surface area contributed by atoms with Crippen molar-refractivity contribution in [3.63, 3.8) is 0 Å². The van der Waals surface area contributed by atoms with Gasteiger partial charge < -0.3 is 111 Å². The average molecular weight is 1530 g/mol. The first-order valence-electron chi connectivity index (χ1n) is 34.9. The van der Waals surface area contributed by atoms with E-state index in [2.05, 4.69) is 58.0 Å². The molecule has 3 aromatic carbocycles. The maximum absolute atomic E-state index is 15.2. The molecule has 3 aliphatic heterocycles. The summed E-state index contributed by atoms with van der Waals surface area (Å²) in [5.41, 5.74) is 1.46. The topological polar surface area (TPSA) is 502 Å². The minimum absolute atomic E-state index is 0.000165. The fourth-order valence-electron chi connectivity index (χ4n) is 12.3. The maximum atomic E-state index is 15.2. The minimum atomic E-state index is -2.18. The summed E-state index contributed by atoms with van der Waals surface area (Å²) in [5, 5.41) is 138. The molecule has 7 rings (SSSR count). The Hall–Kier alpha value is -8.25. The van der Waals surface area contributed by atoms with Crippen LogP contribution in [0.5, 0.6) is 17.2 Å². The van der Waals surface area contributed by atoms with Crippen LogP contribution in [-0.2, 0) is 54.0 Å². The number of β-amino-alcohol motifs (C(OH)–C–C–N with tert-alkyl or cyclic N) is 1. The Kier molecular flexibility index (Phi) is 34.4. The van der Waals surface area contributed by atoms with E-state index >= 15 is 9.59 Å². The number of phenolic OH excluding ortho intramolecular Hbond substituents is 1. The molecule has 584 valence electrons. The number of hydrogen-bond donors (Lipinski definition) is 16. The van der Waals surface area contributed by atoms with Crippen molar-refractivity contribution in [2.24, 2.45) is 5.92 Å². The van der Waals surface area contributed by atoms with Gasteiger partial charge in [0.05, 0.1) is 62.5 Å². The number of carbonyl (C=O) groups is 8. The average Bonchev–Trinajstić information content (AvgIpc) is 1.58. The number of carbonyl (C=O) groups excluding carboxylic acids is 8. The molecule has 3 aliphatic rings. The van der Waals surface area contributed by atoms with E-state index in [4.69, 9.17) is 23.7 Å². The van der Waals surface area contributed by atoms with Crippen molar-refractivity contribution in [2.75, 3.05) is 79.4 Å². The summed E-state index contributed by atoms with van der Waals surface area (Å²) in [4.78, 5) is 119. The summed E-state index contributed by atoms with van der Waals surface area (Å²) in [6, 6.07) is 4.59. The zero-order valence-corrected chi connectivity index (χ0v) is 60.6. The number of benzene rings is 3. The van der Waals surface area contributed by atoms with E-state index in [1.807, 2.05) is 24.3 Å². The highest BCUT2D eigenvalue weighted by atomic mass is 32.2. The molecule has 13 atom stereocenters. The summed E-state index contributed by atoms with van der Waals surface area (Å²) in [6.07, 6.45) is -6.27. The molecule has 16 N–H and O–H groups in total. The number of rotatable bonds is 35. The normalized spacial score (nSPS) is 22.9. The molecule has 106 heavy (non-hydrogen) atoms. The molecule has 1 aromatic heterocycles. The van der Waals surface area contributed by atoms with Gasteiger partial charge in [0.15, 0.2) is 11.5 Å². The highest BCUT2D eigenvalue weighted by molar-refractivity contribution is 7.90. The number of fused-ring (bicyclic) bond motifs is 2. The van der Waals surface area contributed by atoms with Crippen LogP contribution in [-0.4, -0.2) is 282 Å². The third kappa shape index (κ3) is 24.4. The Labute approximate surface area is 620 Å². The van der Waals surface area contributed by atoms with Crippen LogP contribution >= 0.6 is 23.7 Å². The molecule has 3 fully saturated rings. The monoisotopic (exact) mass is 1530 g/mol. The number of unbranched alkanes of at least 4 members (excludes halogenated alkanes) is 5. The van der Waals surface area contributed by atoms with E-state index in [1.54, 1.807) is 19.2 Å². The van der Waals surface area contributed by atoms with Crippen LogP contribution in [0.15, 0.2) is 79.4 Å². The molecule has 0 radical (unpaired) electrons. The van der Waals surface area contributed by atoms with E-state index in [9.17, 15) is 74.7 Å². The van der Waals surface area contributed by atoms with E-state index in [0.717, 1.165) is 72.0 Å². The fourth-order valence-corrected chi connectivity index (χ4v) is 13.4. The third-order valence-corrected chi connectivity index (χ3v) is 19.5. The fraction of sp³-hybridized carbons (Fsp3) is 0.565. The lowest BCUT2D eigenvalue weighted by molar-refractivity contribution is -0.433. The number of nitrogens with zero attached hydrogens (tertiary/aromatic N) is 5. The van der Waals surface area contributed by atoms with Crippen molar-refractivity contribution >= 4 is 71.1 Å². The van der Waals surface area contributed by atoms with Crippen molar-refractivity contribution in [2.45, 2.75) is 163 Å². The standard InChI is InChI=1S/C69H97N11O24S2/c1-5-27-101-69(97)78(45(37-81)38-82)26-10-9-24-70-25-23-52(87)57-68(96)80-35-39(2)59(89)58(80)64(94)71-34-46(84)32-49(72-60(90)42-14-16-43(17-15-42)65-76-77-66(105-65)44-18-20-48(21-19-44)100-29-12-8-6-7-11-28-99-4)61(91)73-55(40(3)83)67(95)79-36-47(85)33-50(79)62(92)74-56(63(93)75-57)53(88)30-41-13-22-51(86)54(31-41)102-106-104-103-98/h5,13-22,31,39-40,45-47,49-50,52-53,55-59,70,81-89,98H,1,6-12,23-30,32-38H2,2-4H3,(H,71,94)(H,72,90)(H,73,91)(H,74,92)(H,75,93)/t39-,40+,46+,47+,49+,50+,52-,53-,55+,56+,57+,58+,59+/m1/s1. The van der Waals surface area contributed by atoms with E-state index in [0.29, 0.717) is 40.8 Å². The van der Waals surface area contributed by atoms with Gasteiger partial charge in [-0.05, 0) is 106 Å². The van der Waals surface area contributed by atoms with Crippen LogP contribution < -0.4 is 40.8 Å². The molecule has 4 heterocycles. The summed E-state index contributed by atoms with van der Waals surface area (Å²) in [6.45, 7) is 4.74. The number of nitrogens with one attached hydrogen (secondary N) is 6. The molecule has 0 aliphatic carbocycles. The minimum Gasteiger partial charge on any atom is -0.504 e. The zero-order chi connectivity index (χ0) is 77.0. The molecule has 0 saturated carbocycles. The van der Waals surface area contributed by atoms with Gasteiger partial charge in [-0.25, -0.2) is 10.1 Å².